The molecule has 0 aliphatic heterocycles. The Balaban J connectivity index is 1.87. The molecule has 1 heterocycles. The molecule has 0 saturated carbocycles. The molecule has 0 radical (unpaired) electrons. The van der Waals surface area contributed by atoms with E-state index in [0.717, 1.165) is 18.7 Å². The molecule has 1 aromatic heterocycles. The number of rotatable bonds is 7. The number of aromatic nitrogens is 1. The summed E-state index contributed by atoms with van der Waals surface area (Å²) < 4.78 is 24.2. The van der Waals surface area contributed by atoms with Crippen LogP contribution >= 0.6 is 15.9 Å². The molecule has 1 aromatic carbocycles. The van der Waals surface area contributed by atoms with Crippen LogP contribution in [0, 0.1) is 5.82 Å². The lowest BCUT2D eigenvalue weighted by molar-refractivity contribution is 0.247. The number of ether oxygens (including phenoxy) is 1. The van der Waals surface area contributed by atoms with Crippen molar-refractivity contribution in [1.29, 1.82) is 0 Å². The predicted octanol–water partition coefficient (Wildman–Crippen LogP) is 3.65. The Hall–Kier alpha value is -1.40. The third-order valence-corrected chi connectivity index (χ3v) is 3.22. The Kier molecular flexibility index (Phi) is 5.55. The molecule has 1 N–H and O–H groups in total. The highest BCUT2D eigenvalue weighted by Gasteiger charge is 2.07. The minimum atomic E-state index is -0.312. The maximum atomic E-state index is 12.9. The van der Waals surface area contributed by atoms with Crippen molar-refractivity contribution in [3.05, 3.63) is 46.0 Å². The van der Waals surface area contributed by atoms with Gasteiger partial charge in [0, 0.05) is 12.6 Å². The van der Waals surface area contributed by atoms with Crippen molar-refractivity contribution in [3.8, 4) is 5.75 Å². The molecular weight excluding hydrogens is 327 g/mol. The smallest absolute Gasteiger partial charge is 0.174 e. The van der Waals surface area contributed by atoms with Gasteiger partial charge in [0.15, 0.2) is 5.76 Å². The first-order valence-electron chi connectivity index (χ1n) is 6.42. The number of hydrogen-bond acceptors (Lipinski definition) is 4. The molecule has 0 spiro atoms. The molecule has 20 heavy (non-hydrogen) atoms. The Labute approximate surface area is 125 Å². The summed E-state index contributed by atoms with van der Waals surface area (Å²) in [6.45, 7) is 3.99. The molecule has 6 heteroatoms. The van der Waals surface area contributed by atoms with Gasteiger partial charge in [-0.05, 0) is 47.1 Å². The van der Waals surface area contributed by atoms with Gasteiger partial charge in [-0.25, -0.2) is 4.39 Å². The van der Waals surface area contributed by atoms with Crippen molar-refractivity contribution >= 4 is 15.9 Å². The maximum absolute atomic E-state index is 12.9. The summed E-state index contributed by atoms with van der Waals surface area (Å²) >= 11 is 3.25. The highest BCUT2D eigenvalue weighted by Crippen LogP contribution is 2.26. The number of hydrogen-bond donors (Lipinski definition) is 1. The number of nitrogens with one attached hydrogen (secondary N) is 1. The average molecular weight is 343 g/mol. The fraction of sp³-hybridized carbons (Fsp3) is 0.357. The average Bonchev–Trinajstić information content (AvgIpc) is 2.86. The van der Waals surface area contributed by atoms with E-state index in [4.69, 9.17) is 9.26 Å². The van der Waals surface area contributed by atoms with Gasteiger partial charge in [0.05, 0.1) is 10.2 Å². The first-order valence-corrected chi connectivity index (χ1v) is 7.21. The molecule has 4 nitrogen and oxygen atoms in total. The van der Waals surface area contributed by atoms with E-state index in [1.54, 1.807) is 6.07 Å². The summed E-state index contributed by atoms with van der Waals surface area (Å²) in [6, 6.07) is 6.12. The van der Waals surface area contributed by atoms with Gasteiger partial charge >= 0.3 is 0 Å². The van der Waals surface area contributed by atoms with Crippen molar-refractivity contribution in [2.75, 3.05) is 6.54 Å². The Morgan fingerprint density at radius 2 is 2.25 bits per heavy atom. The van der Waals surface area contributed by atoms with Crippen molar-refractivity contribution in [3.63, 3.8) is 0 Å². The van der Waals surface area contributed by atoms with Crippen LogP contribution in [0.25, 0.3) is 0 Å². The quantitative estimate of drug-likeness (QED) is 0.780. The molecule has 2 aromatic rings. The lowest BCUT2D eigenvalue weighted by atomic mass is 10.3. The third kappa shape index (κ3) is 4.31. The molecule has 108 valence electrons. The van der Waals surface area contributed by atoms with E-state index >= 15 is 0 Å². The summed E-state index contributed by atoms with van der Waals surface area (Å²) in [7, 11) is 0. The van der Waals surface area contributed by atoms with Crippen LogP contribution in [-0.4, -0.2) is 11.7 Å². The number of nitrogens with zero attached hydrogens (tertiary/aromatic N) is 1. The second-order valence-corrected chi connectivity index (χ2v) is 5.18. The Bertz CT molecular complexity index is 560. The molecular formula is C14H16BrFN2O2. The summed E-state index contributed by atoms with van der Waals surface area (Å²) in [5.41, 5.74) is 0.843. The zero-order chi connectivity index (χ0) is 14.4. The van der Waals surface area contributed by atoms with Crippen molar-refractivity contribution < 1.29 is 13.7 Å². The minimum Gasteiger partial charge on any atom is -0.484 e. The summed E-state index contributed by atoms with van der Waals surface area (Å²) in [6.07, 6.45) is 1.08. The van der Waals surface area contributed by atoms with Crippen molar-refractivity contribution in [1.82, 2.24) is 10.5 Å². The standard InChI is InChI=1S/C14H16BrFN2O2/c1-2-5-17-8-11-7-12(20-18-11)9-19-14-4-3-10(16)6-13(14)15/h3-4,6-7,17H,2,5,8-9H2,1H3. The van der Waals surface area contributed by atoms with Crippen LogP contribution in [0.5, 0.6) is 5.75 Å². The van der Waals surface area contributed by atoms with Crippen LogP contribution in [0.4, 0.5) is 4.39 Å². The Morgan fingerprint density at radius 3 is 3.00 bits per heavy atom. The summed E-state index contributed by atoms with van der Waals surface area (Å²) in [5.74, 6) is 0.885. The van der Waals surface area contributed by atoms with Crippen LogP contribution in [-0.2, 0) is 13.2 Å². The predicted molar refractivity (Wildman–Crippen MR) is 76.9 cm³/mol. The van der Waals surface area contributed by atoms with Gasteiger partial charge in [0.2, 0.25) is 0 Å². The van der Waals surface area contributed by atoms with Crippen molar-refractivity contribution in [2.24, 2.45) is 0 Å². The second kappa shape index (κ2) is 7.40. The third-order valence-electron chi connectivity index (χ3n) is 2.60. The van der Waals surface area contributed by atoms with E-state index in [9.17, 15) is 4.39 Å². The van der Waals surface area contributed by atoms with E-state index in [1.165, 1.54) is 12.1 Å². The maximum Gasteiger partial charge on any atom is 0.174 e. The van der Waals surface area contributed by atoms with Gasteiger partial charge in [-0.1, -0.05) is 12.1 Å². The zero-order valence-corrected chi connectivity index (χ0v) is 12.7. The molecule has 0 amide bonds. The van der Waals surface area contributed by atoms with Gasteiger partial charge in [-0.2, -0.15) is 0 Å². The van der Waals surface area contributed by atoms with Gasteiger partial charge in [0.25, 0.3) is 0 Å². The van der Waals surface area contributed by atoms with Gasteiger partial charge in [0.1, 0.15) is 18.2 Å². The van der Waals surface area contributed by atoms with Gasteiger partial charge in [-0.15, -0.1) is 0 Å². The fourth-order valence-corrected chi connectivity index (χ4v) is 2.11. The molecule has 0 fully saturated rings. The van der Waals surface area contributed by atoms with E-state index < -0.39 is 0 Å². The molecule has 2 rings (SSSR count). The van der Waals surface area contributed by atoms with Crippen LogP contribution in [0.15, 0.2) is 33.3 Å². The molecule has 0 aliphatic rings. The highest BCUT2D eigenvalue weighted by molar-refractivity contribution is 9.10. The van der Waals surface area contributed by atoms with Crippen LogP contribution in [0.1, 0.15) is 24.8 Å². The van der Waals surface area contributed by atoms with E-state index in [-0.39, 0.29) is 12.4 Å². The van der Waals surface area contributed by atoms with E-state index in [2.05, 4.69) is 33.3 Å². The molecule has 0 saturated heterocycles. The normalized spacial score (nSPS) is 10.8. The Morgan fingerprint density at radius 1 is 1.40 bits per heavy atom. The van der Waals surface area contributed by atoms with E-state index in [1.807, 2.05) is 6.07 Å². The molecule has 0 atom stereocenters. The lowest BCUT2D eigenvalue weighted by Crippen LogP contribution is -2.13. The van der Waals surface area contributed by atoms with Gasteiger partial charge < -0.3 is 14.6 Å². The zero-order valence-electron chi connectivity index (χ0n) is 11.2. The lowest BCUT2D eigenvalue weighted by Gasteiger charge is -2.05. The molecule has 0 bridgehead atoms. The first kappa shape index (κ1) is 15.0. The minimum absolute atomic E-state index is 0.255. The van der Waals surface area contributed by atoms with Crippen LogP contribution in [0.2, 0.25) is 0 Å². The monoisotopic (exact) mass is 342 g/mol. The van der Waals surface area contributed by atoms with Crippen molar-refractivity contribution in [2.45, 2.75) is 26.5 Å². The molecule has 0 aliphatic carbocycles. The first-order chi connectivity index (χ1) is 9.69. The largest absolute Gasteiger partial charge is 0.484 e. The summed E-state index contributed by atoms with van der Waals surface area (Å²) in [5, 5.41) is 7.19. The number of benzene rings is 1. The van der Waals surface area contributed by atoms with Crippen LogP contribution in [0.3, 0.4) is 0 Å². The van der Waals surface area contributed by atoms with Crippen LogP contribution < -0.4 is 10.1 Å². The SMILES string of the molecule is CCCNCc1cc(COc2ccc(F)cc2Br)on1. The second-order valence-electron chi connectivity index (χ2n) is 4.32. The molecule has 0 unspecified atom stereocenters. The fourth-order valence-electron chi connectivity index (χ4n) is 1.64. The van der Waals surface area contributed by atoms with Gasteiger partial charge in [-0.3, -0.25) is 0 Å². The number of halogens is 2. The highest BCUT2D eigenvalue weighted by atomic mass is 79.9. The summed E-state index contributed by atoms with van der Waals surface area (Å²) in [4.78, 5) is 0. The topological polar surface area (TPSA) is 47.3 Å². The van der Waals surface area contributed by atoms with E-state index in [0.29, 0.717) is 22.5 Å².